The van der Waals surface area contributed by atoms with Crippen molar-refractivity contribution in [3.63, 3.8) is 0 Å². The van der Waals surface area contributed by atoms with Crippen LogP contribution in [-0.2, 0) is 74.6 Å². The lowest BCUT2D eigenvalue weighted by atomic mass is 9.79. The molecule has 2 N–H and O–H groups in total. The van der Waals surface area contributed by atoms with Gasteiger partial charge in [0.05, 0.1) is 41.3 Å². The molecule has 266 valence electrons. The molecule has 0 saturated heterocycles. The van der Waals surface area contributed by atoms with E-state index in [0.29, 0.717) is 37.1 Å². The van der Waals surface area contributed by atoms with Crippen LogP contribution in [0.15, 0.2) is 24.3 Å². The predicted octanol–water partition coefficient (Wildman–Crippen LogP) is 5.27. The highest BCUT2D eigenvalue weighted by Crippen LogP contribution is 2.39. The first kappa shape index (κ1) is 36.3. The summed E-state index contributed by atoms with van der Waals surface area (Å²) in [6, 6.07) is 7.89. The number of aromatic nitrogens is 4. The fraction of sp³-hybridized carbons (Fsp3) is 0.474. The lowest BCUT2D eigenvalue weighted by Crippen LogP contribution is -2.27. The Morgan fingerprint density at radius 1 is 0.600 bits per heavy atom. The van der Waals surface area contributed by atoms with Gasteiger partial charge < -0.3 is 28.9 Å². The molecule has 0 unspecified atom stereocenters. The zero-order chi connectivity index (χ0) is 36.4. The van der Waals surface area contributed by atoms with Crippen molar-refractivity contribution in [3.05, 3.63) is 69.3 Å². The van der Waals surface area contributed by atoms with E-state index < -0.39 is 10.8 Å². The summed E-state index contributed by atoms with van der Waals surface area (Å²) in [5.74, 6) is -1.33. The van der Waals surface area contributed by atoms with Gasteiger partial charge in [-0.2, -0.15) is 0 Å². The third-order valence-corrected chi connectivity index (χ3v) is 10.1. The van der Waals surface area contributed by atoms with Crippen LogP contribution in [0.1, 0.15) is 84.6 Å². The van der Waals surface area contributed by atoms with Crippen LogP contribution in [0.3, 0.4) is 0 Å². The number of hydrogen-bond donors (Lipinski definition) is 2. The Balaban J connectivity index is 1.88. The largest absolute Gasteiger partial charge is 0.469 e. The third kappa shape index (κ3) is 7.44. The van der Waals surface area contributed by atoms with E-state index in [1.807, 2.05) is 52.0 Å². The van der Waals surface area contributed by atoms with Gasteiger partial charge in [-0.05, 0) is 73.2 Å². The number of hydrogen-bond acceptors (Lipinski definition) is 10. The Bertz CT molecular complexity index is 2010. The number of nitrogens with one attached hydrogen (secondary N) is 2. The first-order valence-corrected chi connectivity index (χ1v) is 16.7. The summed E-state index contributed by atoms with van der Waals surface area (Å²) in [5, 5.41) is 0. The average molecular weight is 687 g/mol. The predicted molar refractivity (Wildman–Crippen MR) is 187 cm³/mol. The van der Waals surface area contributed by atoms with Crippen LogP contribution >= 0.6 is 0 Å². The highest BCUT2D eigenvalue weighted by Gasteiger charge is 2.39. The molecule has 0 amide bonds. The minimum absolute atomic E-state index is 0.106. The fourth-order valence-electron chi connectivity index (χ4n) is 7.11. The number of fused-ring (bicyclic) bond motifs is 8. The van der Waals surface area contributed by atoms with Crippen molar-refractivity contribution in [1.29, 1.82) is 0 Å². The van der Waals surface area contributed by atoms with E-state index in [4.69, 9.17) is 28.9 Å². The van der Waals surface area contributed by atoms with Crippen LogP contribution in [0, 0.1) is 13.8 Å². The smallest absolute Gasteiger partial charge is 0.306 e. The second kappa shape index (κ2) is 14.5. The molecule has 8 bridgehead atoms. The molecule has 0 aliphatic carbocycles. The van der Waals surface area contributed by atoms with Crippen molar-refractivity contribution in [2.45, 2.75) is 89.9 Å². The van der Waals surface area contributed by atoms with Crippen molar-refractivity contribution >= 4 is 45.9 Å². The van der Waals surface area contributed by atoms with Gasteiger partial charge in [0.25, 0.3) is 0 Å². The maximum Gasteiger partial charge on any atom is 0.306 e. The molecule has 50 heavy (non-hydrogen) atoms. The van der Waals surface area contributed by atoms with E-state index in [2.05, 4.69) is 9.97 Å². The minimum Gasteiger partial charge on any atom is -0.469 e. The number of rotatable bonds is 10. The Kier molecular flexibility index (Phi) is 10.5. The zero-order valence-corrected chi connectivity index (χ0v) is 30.1. The summed E-state index contributed by atoms with van der Waals surface area (Å²) in [6.07, 6.45) is 2.40. The quantitative estimate of drug-likeness (QED) is 0.212. The summed E-state index contributed by atoms with van der Waals surface area (Å²) < 4.78 is 20.1. The maximum absolute atomic E-state index is 12.7. The number of aromatic amines is 2. The SMILES string of the molecule is COC(=O)CCc1c(C)c2cc3nc(cc4nc(cc5[nH]c(cc1[nH]2)c(CCC(=O)OC)c5C)[C@@](C)(CC(=O)OC)C4)[C@@](C)(CC(=O)OC)C3. The first-order chi connectivity index (χ1) is 23.7. The van der Waals surface area contributed by atoms with Crippen molar-refractivity contribution in [3.8, 4) is 0 Å². The van der Waals surface area contributed by atoms with Crippen LogP contribution in [0.2, 0.25) is 0 Å². The summed E-state index contributed by atoms with van der Waals surface area (Å²) in [5.41, 5.74) is 8.52. The topological polar surface area (TPSA) is 163 Å². The van der Waals surface area contributed by atoms with Gasteiger partial charge in [0, 0.05) is 81.4 Å². The molecule has 0 radical (unpaired) electrons. The van der Waals surface area contributed by atoms with Crippen molar-refractivity contribution in [2.24, 2.45) is 0 Å². The zero-order valence-electron chi connectivity index (χ0n) is 30.1. The Morgan fingerprint density at radius 3 is 1.44 bits per heavy atom. The molecule has 0 fully saturated rings. The van der Waals surface area contributed by atoms with Crippen molar-refractivity contribution in [1.82, 2.24) is 19.9 Å². The van der Waals surface area contributed by atoms with E-state index in [-0.39, 0.29) is 49.6 Å². The molecular weight excluding hydrogens is 640 g/mol. The number of carbonyl (C=O) groups excluding carboxylic acids is 4. The molecule has 5 rings (SSSR count). The summed E-state index contributed by atoms with van der Waals surface area (Å²) in [6.45, 7) is 7.98. The molecule has 0 saturated carbocycles. The molecule has 3 aromatic rings. The van der Waals surface area contributed by atoms with Crippen LogP contribution in [0.25, 0.3) is 22.1 Å². The second-order valence-electron chi connectivity index (χ2n) is 13.8. The van der Waals surface area contributed by atoms with Crippen molar-refractivity contribution < 1.29 is 38.1 Å². The Hall–Kier alpha value is -5.00. The average Bonchev–Trinajstić information content (AvgIpc) is 3.74. The molecule has 2 aliphatic rings. The number of H-pyrrole nitrogens is 2. The van der Waals surface area contributed by atoms with E-state index in [0.717, 1.165) is 55.7 Å². The molecule has 12 nitrogen and oxygen atoms in total. The van der Waals surface area contributed by atoms with E-state index in [1.54, 1.807) is 0 Å². The number of nitrogens with zero attached hydrogens (tertiary/aromatic N) is 2. The molecule has 0 spiro atoms. The van der Waals surface area contributed by atoms with Gasteiger partial charge in [-0.3, -0.25) is 29.1 Å². The molecule has 3 aromatic heterocycles. The van der Waals surface area contributed by atoms with Crippen LogP contribution in [0.5, 0.6) is 0 Å². The van der Waals surface area contributed by atoms with E-state index >= 15 is 0 Å². The number of methoxy groups -OCH3 is 4. The number of esters is 4. The number of carbonyl (C=O) groups is 4. The minimum atomic E-state index is -0.691. The Morgan fingerprint density at radius 2 is 1.00 bits per heavy atom. The molecule has 2 atom stereocenters. The lowest BCUT2D eigenvalue weighted by Gasteiger charge is -2.23. The third-order valence-electron chi connectivity index (χ3n) is 10.1. The van der Waals surface area contributed by atoms with Gasteiger partial charge in [0.2, 0.25) is 0 Å². The van der Waals surface area contributed by atoms with Crippen molar-refractivity contribution in [2.75, 3.05) is 28.4 Å². The highest BCUT2D eigenvalue weighted by molar-refractivity contribution is 5.81. The van der Waals surface area contributed by atoms with Gasteiger partial charge in [0.1, 0.15) is 0 Å². The highest BCUT2D eigenvalue weighted by atomic mass is 16.5. The summed E-state index contributed by atoms with van der Waals surface area (Å²) >= 11 is 0. The number of aryl methyl sites for hydroxylation is 4. The van der Waals surface area contributed by atoms with Gasteiger partial charge in [-0.1, -0.05) is 13.8 Å². The molecule has 2 aliphatic heterocycles. The lowest BCUT2D eigenvalue weighted by molar-refractivity contribution is -0.143. The van der Waals surface area contributed by atoms with Crippen LogP contribution in [0.4, 0.5) is 0 Å². The summed E-state index contributed by atoms with van der Waals surface area (Å²) in [7, 11) is 5.49. The van der Waals surface area contributed by atoms with Crippen LogP contribution < -0.4 is 0 Å². The Labute approximate surface area is 291 Å². The molecule has 5 heterocycles. The number of ether oxygens (including phenoxy) is 4. The van der Waals surface area contributed by atoms with Gasteiger partial charge in [-0.25, -0.2) is 0 Å². The van der Waals surface area contributed by atoms with Crippen LogP contribution in [-0.4, -0.2) is 72.3 Å². The molecular formula is C38H46N4O8. The fourth-order valence-corrected chi connectivity index (χ4v) is 7.11. The summed E-state index contributed by atoms with van der Waals surface area (Å²) in [4.78, 5) is 67.1. The van der Waals surface area contributed by atoms with Gasteiger partial charge in [0.15, 0.2) is 0 Å². The molecule has 0 aromatic carbocycles. The monoisotopic (exact) mass is 686 g/mol. The maximum atomic E-state index is 12.7. The normalized spacial score (nSPS) is 18.4. The van der Waals surface area contributed by atoms with Gasteiger partial charge in [-0.15, -0.1) is 0 Å². The van der Waals surface area contributed by atoms with E-state index in [1.165, 1.54) is 28.4 Å². The standard InChI is InChI=1S/C38H46N4O8/c1-21-25(9-11-33(43)47-5)29-15-30-26(10-12-34(44)48-6)22(2)28(42-30)16-32-38(4,20-36(46)50-8)18-24(40-32)14-31-37(3,19-35(45)49-7)17-23(39-31)13-27(21)41-29/h13-16,41-42H,9-12,17-20H2,1-8H3/t37-,38-/m1/s1. The second-order valence-corrected chi connectivity index (χ2v) is 13.8. The van der Waals surface area contributed by atoms with Gasteiger partial charge >= 0.3 is 23.9 Å². The first-order valence-electron chi connectivity index (χ1n) is 16.7. The van der Waals surface area contributed by atoms with E-state index in [9.17, 15) is 19.2 Å². The molecule has 12 heteroatoms.